The normalized spacial score (nSPS) is 13.1. The first-order valence-electron chi connectivity index (χ1n) is 22.0. The van der Waals surface area contributed by atoms with Crippen molar-refractivity contribution >= 4 is 11.8 Å². The van der Waals surface area contributed by atoms with Gasteiger partial charge in [-0.1, -0.05) is 38.2 Å². The highest BCUT2D eigenvalue weighted by Crippen LogP contribution is 2.04. The van der Waals surface area contributed by atoms with E-state index in [0.29, 0.717) is 39.3 Å². The first-order chi connectivity index (χ1) is 27.0. The number of nitrogens with zero attached hydrogens (tertiary/aromatic N) is 2. The minimum Gasteiger partial charge on any atom is -0.355 e. The molecule has 14 N–H and O–H groups in total. The Morgan fingerprint density at radius 1 is 0.473 bits per heavy atom. The molecule has 0 fully saturated rings. The molecule has 0 aromatic rings. The topological polar surface area (TPSA) is 217 Å². The number of hydrogen-bond donors (Lipinski definition) is 10. The summed E-state index contributed by atoms with van der Waals surface area (Å²) in [4.78, 5) is 31.2. The van der Waals surface area contributed by atoms with Gasteiger partial charge in [0.25, 0.3) is 0 Å². The highest BCUT2D eigenvalue weighted by atomic mass is 16.2. The van der Waals surface area contributed by atoms with Gasteiger partial charge in [0.2, 0.25) is 11.8 Å². The number of nitrogens with one attached hydrogen (secondary N) is 6. The van der Waals surface area contributed by atoms with Gasteiger partial charge in [0.05, 0.1) is 12.1 Å². The van der Waals surface area contributed by atoms with Crippen LogP contribution in [0.4, 0.5) is 0 Å². The summed E-state index contributed by atoms with van der Waals surface area (Å²) in [7, 11) is 0. The van der Waals surface area contributed by atoms with Gasteiger partial charge in [0.1, 0.15) is 0 Å². The fourth-order valence-electron chi connectivity index (χ4n) is 6.16. The third-order valence-electron chi connectivity index (χ3n) is 9.38. The van der Waals surface area contributed by atoms with Gasteiger partial charge in [-0.05, 0) is 149 Å². The number of rotatable bonds is 42. The number of allylic oxidation sites excluding steroid dienone is 2. The summed E-state index contributed by atoms with van der Waals surface area (Å²) in [5.74, 6) is 0.158. The van der Waals surface area contributed by atoms with Crippen molar-refractivity contribution in [2.45, 2.75) is 109 Å². The molecule has 0 saturated heterocycles. The van der Waals surface area contributed by atoms with E-state index in [2.05, 4.69) is 79.9 Å². The number of carbonyl (C=O) groups excluding carboxylic acids is 2. The minimum absolute atomic E-state index is 0.0753. The van der Waals surface area contributed by atoms with Crippen LogP contribution >= 0.6 is 0 Å². The van der Waals surface area contributed by atoms with Crippen LogP contribution in [-0.2, 0) is 9.59 Å². The molecule has 0 saturated carbocycles. The molecule has 0 aromatic carbocycles. The second-order valence-electron chi connectivity index (χ2n) is 14.4. The van der Waals surface area contributed by atoms with Crippen molar-refractivity contribution in [2.24, 2.45) is 22.9 Å². The molecule has 0 aliphatic rings. The van der Waals surface area contributed by atoms with Crippen molar-refractivity contribution in [3.05, 3.63) is 24.3 Å². The average Bonchev–Trinajstić information content (AvgIpc) is 3.18. The van der Waals surface area contributed by atoms with Gasteiger partial charge in [-0.3, -0.25) is 19.4 Å². The number of hydrogen-bond acceptors (Lipinski definition) is 12. The molecule has 2 amide bonds. The Kier molecular flexibility index (Phi) is 40.1. The Balaban J connectivity index is 4.86. The summed E-state index contributed by atoms with van der Waals surface area (Å²) < 4.78 is 0. The maximum Gasteiger partial charge on any atom is 0.237 e. The zero-order valence-corrected chi connectivity index (χ0v) is 35.4. The van der Waals surface area contributed by atoms with E-state index in [0.717, 1.165) is 162 Å². The molecule has 14 nitrogen and oxygen atoms in total. The predicted molar refractivity (Wildman–Crippen MR) is 234 cm³/mol. The van der Waals surface area contributed by atoms with Gasteiger partial charge in [-0.15, -0.1) is 0 Å². The second kappa shape index (κ2) is 41.6. The van der Waals surface area contributed by atoms with Gasteiger partial charge in [0.15, 0.2) is 0 Å². The summed E-state index contributed by atoms with van der Waals surface area (Å²) in [5.41, 5.74) is 22.5. The monoisotopic (exact) mass is 781 g/mol. The molecule has 2 unspecified atom stereocenters. The predicted octanol–water partition coefficient (Wildman–Crippen LogP) is 0.977. The fraction of sp³-hybridized carbons (Fsp3) is 0.854. The molecule has 14 heteroatoms. The van der Waals surface area contributed by atoms with Crippen LogP contribution in [-0.4, -0.2) is 152 Å². The zero-order chi connectivity index (χ0) is 40.5. The van der Waals surface area contributed by atoms with Crippen molar-refractivity contribution in [3.63, 3.8) is 0 Å². The van der Waals surface area contributed by atoms with E-state index in [-0.39, 0.29) is 23.9 Å². The molecule has 0 aromatic heterocycles. The van der Waals surface area contributed by atoms with Crippen LogP contribution in [0.3, 0.4) is 0 Å². The number of amides is 2. The largest absolute Gasteiger partial charge is 0.355 e. The van der Waals surface area contributed by atoms with Crippen molar-refractivity contribution in [1.29, 1.82) is 0 Å². The van der Waals surface area contributed by atoms with Crippen LogP contribution in [0.15, 0.2) is 24.3 Å². The molecule has 324 valence electrons. The molecular weight excluding hydrogens is 693 g/mol. The number of nitrogens with two attached hydrogens (primary N) is 4. The van der Waals surface area contributed by atoms with Gasteiger partial charge in [-0.2, -0.15) is 0 Å². The highest BCUT2D eigenvalue weighted by Gasteiger charge is 2.18. The molecule has 55 heavy (non-hydrogen) atoms. The van der Waals surface area contributed by atoms with E-state index in [1.807, 2.05) is 0 Å². The average molecular weight is 781 g/mol. The highest BCUT2D eigenvalue weighted by molar-refractivity contribution is 5.82. The lowest BCUT2D eigenvalue weighted by Gasteiger charge is -2.24. The van der Waals surface area contributed by atoms with E-state index >= 15 is 0 Å². The van der Waals surface area contributed by atoms with Crippen molar-refractivity contribution in [3.8, 4) is 0 Å². The Bertz CT molecular complexity index is 911. The van der Waals surface area contributed by atoms with Crippen LogP contribution < -0.4 is 54.8 Å². The molecular formula is C41H88N12O2. The Morgan fingerprint density at radius 2 is 0.873 bits per heavy atom. The maximum atomic E-state index is 13.1. The van der Waals surface area contributed by atoms with Crippen molar-refractivity contribution < 1.29 is 9.59 Å². The molecule has 0 heterocycles. The Morgan fingerprint density at radius 3 is 1.29 bits per heavy atom. The second-order valence-corrected chi connectivity index (χ2v) is 14.4. The lowest BCUT2D eigenvalue weighted by atomic mass is 10.1. The zero-order valence-electron chi connectivity index (χ0n) is 35.4. The minimum atomic E-state index is -0.203. The van der Waals surface area contributed by atoms with Gasteiger partial charge in [0, 0.05) is 52.4 Å². The van der Waals surface area contributed by atoms with Crippen molar-refractivity contribution in [2.75, 3.05) is 118 Å². The molecule has 0 radical (unpaired) electrons. The van der Waals surface area contributed by atoms with E-state index in [9.17, 15) is 9.59 Å². The SMILES string of the molecule is CCC=CCN(CCCCN(CC=CCC)CCCNC(=O)C(CCCNCCCN)NCCCN)CCCNC(=O)C(CCCNCCN)NCCCN. The van der Waals surface area contributed by atoms with Gasteiger partial charge in [-0.25, -0.2) is 0 Å². The molecule has 0 aliphatic heterocycles. The molecule has 2 atom stereocenters. The van der Waals surface area contributed by atoms with Gasteiger partial charge < -0.3 is 54.8 Å². The summed E-state index contributed by atoms with van der Waals surface area (Å²) in [6.45, 7) is 18.9. The summed E-state index contributed by atoms with van der Waals surface area (Å²) in [5, 5.41) is 19.9. The first kappa shape index (κ1) is 53.0. The first-order valence-corrected chi connectivity index (χ1v) is 22.0. The molecule has 0 spiro atoms. The maximum absolute atomic E-state index is 13.1. The third-order valence-corrected chi connectivity index (χ3v) is 9.38. The molecule has 0 aliphatic carbocycles. The standard InChI is InChI=1S/C41H88N12O2/c1-3-5-7-32-52(36-16-29-50-40(54)38(48-27-14-21-43)18-11-24-46-26-13-20-42)34-9-10-35-53(33-8-6-4-2)37-17-30-51-41(55)39(49-28-15-22-44)19-12-25-47-31-23-45/h5-8,38-39,46-49H,3-4,9-37,42-45H2,1-2H3,(H,50,54)(H,51,55). The Hall–Kier alpha value is -1.98. The van der Waals surface area contributed by atoms with Crippen LogP contribution in [0, 0.1) is 0 Å². The van der Waals surface area contributed by atoms with E-state index < -0.39 is 0 Å². The summed E-state index contributed by atoms with van der Waals surface area (Å²) in [6.07, 6.45) is 21.2. The molecule has 0 rings (SSSR count). The fourth-order valence-corrected chi connectivity index (χ4v) is 6.16. The smallest absolute Gasteiger partial charge is 0.237 e. The van der Waals surface area contributed by atoms with Crippen LogP contribution in [0.5, 0.6) is 0 Å². The van der Waals surface area contributed by atoms with Crippen LogP contribution in [0.1, 0.15) is 97.3 Å². The molecule has 0 bridgehead atoms. The number of carbonyl (C=O) groups is 2. The quantitative estimate of drug-likeness (QED) is 0.0310. The Labute approximate surface area is 336 Å². The number of unbranched alkanes of at least 4 members (excludes halogenated alkanes) is 1. The van der Waals surface area contributed by atoms with E-state index in [4.69, 9.17) is 22.9 Å². The van der Waals surface area contributed by atoms with Crippen molar-refractivity contribution in [1.82, 2.24) is 41.7 Å². The summed E-state index contributed by atoms with van der Waals surface area (Å²) in [6, 6.07) is -0.399. The lowest BCUT2D eigenvalue weighted by molar-refractivity contribution is -0.124. The summed E-state index contributed by atoms with van der Waals surface area (Å²) >= 11 is 0. The van der Waals surface area contributed by atoms with E-state index in [1.54, 1.807) is 0 Å². The van der Waals surface area contributed by atoms with Gasteiger partial charge >= 0.3 is 0 Å². The van der Waals surface area contributed by atoms with Crippen LogP contribution in [0.25, 0.3) is 0 Å². The third kappa shape index (κ3) is 33.8. The van der Waals surface area contributed by atoms with E-state index in [1.165, 1.54) is 0 Å². The lowest BCUT2D eigenvalue weighted by Crippen LogP contribution is -2.45. The van der Waals surface area contributed by atoms with Crippen LogP contribution in [0.2, 0.25) is 0 Å².